The molecule has 0 saturated carbocycles. The zero-order valence-corrected chi connectivity index (χ0v) is 18.6. The number of carbonyl (C=O) groups is 3. The molecule has 0 aliphatic carbocycles. The summed E-state index contributed by atoms with van der Waals surface area (Å²) in [6, 6.07) is 18.6. The van der Waals surface area contributed by atoms with Gasteiger partial charge in [0.2, 0.25) is 11.8 Å². The standard InChI is InChI=1S/C26H27N3O3/c1-4-21(25(31)27-3)28(15-18-13-11-17(2)12-14-18)23(30)16-29-22-10-6-8-19-7-5-9-20(24(19)22)26(29)32/h5-14,21H,4,15-16H2,1-3H3,(H,27,31)/t21-/m0/s1. The van der Waals surface area contributed by atoms with Crippen molar-refractivity contribution in [1.29, 1.82) is 0 Å². The lowest BCUT2D eigenvalue weighted by Gasteiger charge is -2.32. The number of nitrogens with zero attached hydrogens (tertiary/aromatic N) is 2. The van der Waals surface area contributed by atoms with Gasteiger partial charge in [0, 0.05) is 24.5 Å². The van der Waals surface area contributed by atoms with Gasteiger partial charge < -0.3 is 10.2 Å². The van der Waals surface area contributed by atoms with Crippen LogP contribution in [0.2, 0.25) is 0 Å². The molecular weight excluding hydrogens is 402 g/mol. The Bertz CT molecular complexity index is 1180. The summed E-state index contributed by atoms with van der Waals surface area (Å²) in [6.07, 6.45) is 0.473. The molecule has 3 aromatic carbocycles. The van der Waals surface area contributed by atoms with Gasteiger partial charge >= 0.3 is 0 Å². The normalized spacial score (nSPS) is 13.3. The number of rotatable bonds is 7. The maximum Gasteiger partial charge on any atom is 0.259 e. The molecule has 1 heterocycles. The second-order valence-corrected chi connectivity index (χ2v) is 8.12. The first kappa shape index (κ1) is 21.6. The Morgan fingerprint density at radius 1 is 1.03 bits per heavy atom. The molecule has 6 heteroatoms. The number of hydrogen-bond donors (Lipinski definition) is 1. The van der Waals surface area contributed by atoms with Crippen LogP contribution >= 0.6 is 0 Å². The summed E-state index contributed by atoms with van der Waals surface area (Å²) >= 11 is 0. The average Bonchev–Trinajstić information content (AvgIpc) is 3.08. The van der Waals surface area contributed by atoms with Gasteiger partial charge in [0.05, 0.1) is 5.69 Å². The van der Waals surface area contributed by atoms with Crippen molar-refractivity contribution in [2.75, 3.05) is 18.5 Å². The van der Waals surface area contributed by atoms with Gasteiger partial charge in [-0.2, -0.15) is 0 Å². The van der Waals surface area contributed by atoms with E-state index in [0.29, 0.717) is 18.5 Å². The van der Waals surface area contributed by atoms with Crippen molar-refractivity contribution >= 4 is 34.2 Å². The number of amides is 3. The average molecular weight is 430 g/mol. The molecule has 1 N–H and O–H groups in total. The molecule has 0 unspecified atom stereocenters. The van der Waals surface area contributed by atoms with E-state index >= 15 is 0 Å². The quantitative estimate of drug-likeness (QED) is 0.623. The minimum Gasteiger partial charge on any atom is -0.357 e. The minimum absolute atomic E-state index is 0.119. The third kappa shape index (κ3) is 3.84. The summed E-state index contributed by atoms with van der Waals surface area (Å²) in [7, 11) is 1.57. The van der Waals surface area contributed by atoms with E-state index in [0.717, 1.165) is 27.6 Å². The van der Waals surface area contributed by atoms with Crippen LogP contribution in [-0.4, -0.2) is 42.3 Å². The van der Waals surface area contributed by atoms with Crippen molar-refractivity contribution in [3.05, 3.63) is 77.4 Å². The second kappa shape index (κ2) is 8.83. The molecule has 0 radical (unpaired) electrons. The van der Waals surface area contributed by atoms with Crippen molar-refractivity contribution in [2.45, 2.75) is 32.9 Å². The van der Waals surface area contributed by atoms with Crippen LogP contribution in [-0.2, 0) is 16.1 Å². The fraction of sp³-hybridized carbons (Fsp3) is 0.269. The van der Waals surface area contributed by atoms with E-state index in [1.54, 1.807) is 18.0 Å². The van der Waals surface area contributed by atoms with Gasteiger partial charge in [-0.05, 0) is 36.4 Å². The van der Waals surface area contributed by atoms with E-state index in [4.69, 9.17) is 0 Å². The minimum atomic E-state index is -0.621. The molecule has 3 amide bonds. The molecule has 0 spiro atoms. The van der Waals surface area contributed by atoms with Crippen molar-refractivity contribution in [2.24, 2.45) is 0 Å². The Morgan fingerprint density at radius 2 is 1.72 bits per heavy atom. The molecule has 1 aliphatic heterocycles. The van der Waals surface area contributed by atoms with E-state index in [-0.39, 0.29) is 24.3 Å². The number of likely N-dealkylation sites (N-methyl/N-ethyl adjacent to an activating group) is 1. The molecule has 1 aliphatic rings. The summed E-state index contributed by atoms with van der Waals surface area (Å²) in [5.41, 5.74) is 3.40. The molecular formula is C26H27N3O3. The Morgan fingerprint density at radius 3 is 2.38 bits per heavy atom. The SMILES string of the molecule is CC[C@@H](C(=O)NC)N(Cc1ccc(C)cc1)C(=O)CN1C(=O)c2cccc3cccc1c23. The number of benzene rings is 3. The fourth-order valence-electron chi connectivity index (χ4n) is 4.34. The predicted molar refractivity (Wildman–Crippen MR) is 125 cm³/mol. The highest BCUT2D eigenvalue weighted by Gasteiger charge is 2.34. The maximum absolute atomic E-state index is 13.6. The zero-order valence-electron chi connectivity index (χ0n) is 18.6. The van der Waals surface area contributed by atoms with Gasteiger partial charge in [-0.15, -0.1) is 0 Å². The van der Waals surface area contributed by atoms with Crippen LogP contribution in [0.1, 0.15) is 34.8 Å². The Hall–Kier alpha value is -3.67. The van der Waals surface area contributed by atoms with Crippen molar-refractivity contribution < 1.29 is 14.4 Å². The number of hydrogen-bond acceptors (Lipinski definition) is 3. The lowest BCUT2D eigenvalue weighted by atomic mass is 10.1. The first-order valence-corrected chi connectivity index (χ1v) is 10.8. The van der Waals surface area contributed by atoms with Gasteiger partial charge in [0.15, 0.2) is 0 Å². The van der Waals surface area contributed by atoms with Gasteiger partial charge in [0.25, 0.3) is 5.91 Å². The number of nitrogens with one attached hydrogen (secondary N) is 1. The van der Waals surface area contributed by atoms with E-state index in [1.807, 2.05) is 68.4 Å². The summed E-state index contributed by atoms with van der Waals surface area (Å²) in [5, 5.41) is 4.51. The number of carbonyl (C=O) groups excluding carboxylic acids is 3. The van der Waals surface area contributed by atoms with Gasteiger partial charge in [-0.25, -0.2) is 0 Å². The van der Waals surface area contributed by atoms with Crippen molar-refractivity contribution in [3.63, 3.8) is 0 Å². The van der Waals surface area contributed by atoms with Crippen LogP contribution in [0.15, 0.2) is 60.7 Å². The third-order valence-corrected chi connectivity index (χ3v) is 6.05. The van der Waals surface area contributed by atoms with Crippen LogP contribution in [0.5, 0.6) is 0 Å². The summed E-state index contributed by atoms with van der Waals surface area (Å²) in [6.45, 7) is 4.06. The van der Waals surface area contributed by atoms with Crippen LogP contribution in [0.4, 0.5) is 5.69 Å². The topological polar surface area (TPSA) is 69.7 Å². The van der Waals surface area contributed by atoms with E-state index < -0.39 is 6.04 Å². The van der Waals surface area contributed by atoms with Crippen LogP contribution in [0, 0.1) is 6.92 Å². The fourth-order valence-corrected chi connectivity index (χ4v) is 4.34. The smallest absolute Gasteiger partial charge is 0.259 e. The molecule has 0 saturated heterocycles. The van der Waals surface area contributed by atoms with E-state index in [2.05, 4.69) is 5.32 Å². The molecule has 1 atom stereocenters. The summed E-state index contributed by atoms with van der Waals surface area (Å²) in [5.74, 6) is -0.668. The summed E-state index contributed by atoms with van der Waals surface area (Å²) in [4.78, 5) is 42.4. The Kier molecular flexibility index (Phi) is 5.95. The van der Waals surface area contributed by atoms with Crippen LogP contribution in [0.25, 0.3) is 10.8 Å². The van der Waals surface area contributed by atoms with E-state index in [9.17, 15) is 14.4 Å². The number of aryl methyl sites for hydroxylation is 1. The molecule has 6 nitrogen and oxygen atoms in total. The van der Waals surface area contributed by atoms with Crippen LogP contribution < -0.4 is 10.2 Å². The Labute approximate surface area is 187 Å². The van der Waals surface area contributed by atoms with Gasteiger partial charge in [-0.1, -0.05) is 61.0 Å². The van der Waals surface area contributed by atoms with Gasteiger partial charge in [-0.3, -0.25) is 19.3 Å². The molecule has 0 aromatic heterocycles. The first-order chi connectivity index (χ1) is 15.4. The molecule has 3 aromatic rings. The highest BCUT2D eigenvalue weighted by molar-refractivity contribution is 6.26. The lowest BCUT2D eigenvalue weighted by Crippen LogP contribution is -2.51. The third-order valence-electron chi connectivity index (χ3n) is 6.05. The first-order valence-electron chi connectivity index (χ1n) is 10.8. The molecule has 32 heavy (non-hydrogen) atoms. The monoisotopic (exact) mass is 429 g/mol. The molecule has 4 rings (SSSR count). The maximum atomic E-state index is 13.6. The summed E-state index contributed by atoms with van der Waals surface area (Å²) < 4.78 is 0. The van der Waals surface area contributed by atoms with Crippen molar-refractivity contribution in [3.8, 4) is 0 Å². The van der Waals surface area contributed by atoms with Crippen molar-refractivity contribution in [1.82, 2.24) is 10.2 Å². The number of anilines is 1. The molecule has 0 bridgehead atoms. The largest absolute Gasteiger partial charge is 0.357 e. The van der Waals surface area contributed by atoms with E-state index in [1.165, 1.54) is 4.90 Å². The molecule has 0 fully saturated rings. The molecule has 164 valence electrons. The zero-order chi connectivity index (χ0) is 22.8. The Balaban J connectivity index is 1.65. The lowest BCUT2D eigenvalue weighted by molar-refractivity contribution is -0.140. The second-order valence-electron chi connectivity index (χ2n) is 8.12. The highest BCUT2D eigenvalue weighted by Crippen LogP contribution is 2.37. The van der Waals surface area contributed by atoms with Crippen LogP contribution in [0.3, 0.4) is 0 Å². The highest BCUT2D eigenvalue weighted by atomic mass is 16.2. The predicted octanol–water partition coefficient (Wildman–Crippen LogP) is 3.66. The van der Waals surface area contributed by atoms with Gasteiger partial charge in [0.1, 0.15) is 12.6 Å².